The van der Waals surface area contributed by atoms with Crippen molar-refractivity contribution < 1.29 is 18.7 Å². The van der Waals surface area contributed by atoms with E-state index in [1.807, 2.05) is 31.2 Å². The third-order valence-corrected chi connectivity index (χ3v) is 4.99. The number of carbonyl (C=O) groups excluding carboxylic acids is 2. The summed E-state index contributed by atoms with van der Waals surface area (Å²) in [6, 6.07) is 19.8. The van der Waals surface area contributed by atoms with Gasteiger partial charge in [-0.2, -0.15) is 0 Å². The van der Waals surface area contributed by atoms with Gasteiger partial charge in [-0.15, -0.1) is 10.2 Å². The molecule has 32 heavy (non-hydrogen) atoms. The Kier molecular flexibility index (Phi) is 4.87. The number of ether oxygens (including phenoxy) is 1. The minimum absolute atomic E-state index is 0.0163. The van der Waals surface area contributed by atoms with Gasteiger partial charge in [0, 0.05) is 22.4 Å². The zero-order valence-corrected chi connectivity index (χ0v) is 17.1. The van der Waals surface area contributed by atoms with Gasteiger partial charge in [-0.3, -0.25) is 9.59 Å². The Labute approximate surface area is 183 Å². The van der Waals surface area contributed by atoms with E-state index in [2.05, 4.69) is 20.8 Å². The van der Waals surface area contributed by atoms with Crippen LogP contribution in [-0.2, 0) is 4.79 Å². The molecule has 5 rings (SSSR count). The molecule has 0 radical (unpaired) electrons. The normalized spacial score (nSPS) is 12.5. The van der Waals surface area contributed by atoms with Crippen LogP contribution in [0.3, 0.4) is 0 Å². The molecule has 158 valence electrons. The lowest BCUT2D eigenvalue weighted by Gasteiger charge is -2.18. The summed E-state index contributed by atoms with van der Waals surface area (Å²) in [5, 5.41) is 13.8. The number of aromatic nitrogens is 2. The number of anilines is 2. The summed E-state index contributed by atoms with van der Waals surface area (Å²) in [5.41, 5.74) is 4.23. The predicted molar refractivity (Wildman–Crippen MR) is 118 cm³/mol. The van der Waals surface area contributed by atoms with Crippen molar-refractivity contribution in [3.05, 3.63) is 77.9 Å². The summed E-state index contributed by atoms with van der Waals surface area (Å²) in [7, 11) is 0. The van der Waals surface area contributed by atoms with Crippen LogP contribution < -0.4 is 15.4 Å². The van der Waals surface area contributed by atoms with Crippen molar-refractivity contribution >= 4 is 23.2 Å². The Bertz CT molecular complexity index is 1310. The predicted octanol–water partition coefficient (Wildman–Crippen LogP) is 4.30. The molecule has 1 aliphatic heterocycles. The molecule has 4 aromatic rings. The Morgan fingerprint density at radius 2 is 1.59 bits per heavy atom. The molecule has 1 aromatic heterocycles. The molecule has 2 N–H and O–H groups in total. The molecule has 0 saturated carbocycles. The van der Waals surface area contributed by atoms with Crippen LogP contribution >= 0.6 is 0 Å². The maximum atomic E-state index is 12.6. The number of fused-ring (bicyclic) bond motifs is 1. The van der Waals surface area contributed by atoms with Crippen LogP contribution in [0.25, 0.3) is 22.9 Å². The van der Waals surface area contributed by atoms with E-state index in [0.717, 1.165) is 11.1 Å². The third kappa shape index (κ3) is 3.93. The highest BCUT2D eigenvalue weighted by Crippen LogP contribution is 2.31. The first-order valence-corrected chi connectivity index (χ1v) is 9.94. The summed E-state index contributed by atoms with van der Waals surface area (Å²) in [5.74, 6) is 0.855. The number of hydrogen-bond donors (Lipinski definition) is 2. The topological polar surface area (TPSA) is 106 Å². The van der Waals surface area contributed by atoms with Crippen LogP contribution in [0, 0.1) is 6.92 Å². The van der Waals surface area contributed by atoms with E-state index in [1.54, 1.807) is 42.5 Å². The second kappa shape index (κ2) is 7.99. The first kappa shape index (κ1) is 19.5. The van der Waals surface area contributed by atoms with Crippen LogP contribution in [0.4, 0.5) is 11.4 Å². The van der Waals surface area contributed by atoms with Gasteiger partial charge >= 0.3 is 0 Å². The van der Waals surface area contributed by atoms with E-state index in [-0.39, 0.29) is 18.4 Å². The van der Waals surface area contributed by atoms with E-state index in [0.29, 0.717) is 40.0 Å². The summed E-state index contributed by atoms with van der Waals surface area (Å²) in [4.78, 5) is 24.1. The van der Waals surface area contributed by atoms with Gasteiger partial charge in [0.1, 0.15) is 5.75 Å². The molecular weight excluding hydrogens is 408 g/mol. The molecule has 0 unspecified atom stereocenters. The number of nitrogens with zero attached hydrogens (tertiary/aromatic N) is 2. The molecule has 8 heteroatoms. The van der Waals surface area contributed by atoms with Gasteiger partial charge in [0.25, 0.3) is 11.8 Å². The molecule has 0 aliphatic carbocycles. The highest BCUT2D eigenvalue weighted by Gasteiger charge is 2.17. The molecule has 2 amide bonds. The fraction of sp³-hybridized carbons (Fsp3) is 0.0833. The number of aryl methyl sites for hydroxylation is 1. The van der Waals surface area contributed by atoms with Crippen molar-refractivity contribution in [2.24, 2.45) is 0 Å². The van der Waals surface area contributed by atoms with E-state index in [9.17, 15) is 9.59 Å². The van der Waals surface area contributed by atoms with E-state index in [1.165, 1.54) is 0 Å². The zero-order chi connectivity index (χ0) is 22.1. The minimum Gasteiger partial charge on any atom is -0.482 e. The fourth-order valence-electron chi connectivity index (χ4n) is 3.28. The van der Waals surface area contributed by atoms with Gasteiger partial charge < -0.3 is 19.8 Å². The zero-order valence-electron chi connectivity index (χ0n) is 17.1. The van der Waals surface area contributed by atoms with Crippen LogP contribution in [0.15, 0.2) is 71.1 Å². The van der Waals surface area contributed by atoms with Crippen LogP contribution in [-0.4, -0.2) is 28.6 Å². The molecule has 0 atom stereocenters. The van der Waals surface area contributed by atoms with Crippen molar-refractivity contribution in [3.63, 3.8) is 0 Å². The van der Waals surface area contributed by atoms with Gasteiger partial charge in [0.2, 0.25) is 11.8 Å². The quantitative estimate of drug-likeness (QED) is 0.504. The van der Waals surface area contributed by atoms with Gasteiger partial charge in [-0.25, -0.2) is 0 Å². The molecule has 1 aliphatic rings. The van der Waals surface area contributed by atoms with Crippen molar-refractivity contribution in [2.75, 3.05) is 17.2 Å². The first-order valence-electron chi connectivity index (χ1n) is 9.94. The minimum atomic E-state index is -0.287. The number of rotatable bonds is 4. The van der Waals surface area contributed by atoms with Crippen molar-refractivity contribution in [1.29, 1.82) is 0 Å². The number of benzene rings is 3. The molecule has 8 nitrogen and oxygen atoms in total. The van der Waals surface area contributed by atoms with Crippen molar-refractivity contribution in [3.8, 4) is 28.7 Å². The standard InChI is InChI=1S/C24H18N4O4/c1-14-2-4-16(5-3-14)23-27-28-24(32-23)17-8-6-15(7-9-17)22(30)25-18-10-11-20-19(12-18)26-21(29)13-31-20/h2-12H,13H2,1H3,(H,25,30)(H,26,29). The van der Waals surface area contributed by atoms with Crippen LogP contribution in [0.1, 0.15) is 15.9 Å². The van der Waals surface area contributed by atoms with Gasteiger partial charge in [0.15, 0.2) is 6.61 Å². The number of hydrogen-bond acceptors (Lipinski definition) is 6. The van der Waals surface area contributed by atoms with Gasteiger partial charge in [-0.05, 0) is 61.5 Å². The lowest BCUT2D eigenvalue weighted by atomic mass is 10.1. The Hall–Kier alpha value is -4.46. The average Bonchev–Trinajstić information content (AvgIpc) is 3.30. The summed E-state index contributed by atoms with van der Waals surface area (Å²) in [6.45, 7) is 2.00. The molecule has 0 saturated heterocycles. The maximum Gasteiger partial charge on any atom is 0.262 e. The Balaban J connectivity index is 1.30. The maximum absolute atomic E-state index is 12.6. The van der Waals surface area contributed by atoms with Gasteiger partial charge in [-0.1, -0.05) is 17.7 Å². The molecular formula is C24H18N4O4. The molecule has 2 heterocycles. The smallest absolute Gasteiger partial charge is 0.262 e. The number of nitrogens with one attached hydrogen (secondary N) is 2. The van der Waals surface area contributed by atoms with Crippen molar-refractivity contribution in [1.82, 2.24) is 10.2 Å². The molecule has 0 fully saturated rings. The first-order chi connectivity index (χ1) is 15.5. The third-order valence-electron chi connectivity index (χ3n) is 4.99. The fourth-order valence-corrected chi connectivity index (χ4v) is 3.28. The summed E-state index contributed by atoms with van der Waals surface area (Å²) in [6.07, 6.45) is 0. The second-order valence-corrected chi connectivity index (χ2v) is 7.36. The summed E-state index contributed by atoms with van der Waals surface area (Å²) < 4.78 is 11.1. The largest absolute Gasteiger partial charge is 0.482 e. The van der Waals surface area contributed by atoms with Gasteiger partial charge in [0.05, 0.1) is 5.69 Å². The number of carbonyl (C=O) groups is 2. The molecule has 0 bridgehead atoms. The van der Waals surface area contributed by atoms with E-state index in [4.69, 9.17) is 9.15 Å². The lowest BCUT2D eigenvalue weighted by Crippen LogP contribution is -2.25. The highest BCUT2D eigenvalue weighted by molar-refractivity contribution is 6.05. The SMILES string of the molecule is Cc1ccc(-c2nnc(-c3ccc(C(=O)Nc4ccc5c(c4)NC(=O)CO5)cc3)o2)cc1. The second-order valence-electron chi connectivity index (χ2n) is 7.36. The number of amides is 2. The Morgan fingerprint density at radius 1 is 0.938 bits per heavy atom. The molecule has 3 aromatic carbocycles. The Morgan fingerprint density at radius 3 is 2.28 bits per heavy atom. The van der Waals surface area contributed by atoms with E-state index < -0.39 is 0 Å². The average molecular weight is 426 g/mol. The van der Waals surface area contributed by atoms with E-state index >= 15 is 0 Å². The van der Waals surface area contributed by atoms with Crippen LogP contribution in [0.5, 0.6) is 5.75 Å². The van der Waals surface area contributed by atoms with Crippen LogP contribution in [0.2, 0.25) is 0 Å². The molecule has 0 spiro atoms. The van der Waals surface area contributed by atoms with Crippen molar-refractivity contribution in [2.45, 2.75) is 6.92 Å². The monoisotopic (exact) mass is 426 g/mol. The lowest BCUT2D eigenvalue weighted by molar-refractivity contribution is -0.118. The summed E-state index contributed by atoms with van der Waals surface area (Å²) >= 11 is 0. The highest BCUT2D eigenvalue weighted by atomic mass is 16.5.